The van der Waals surface area contributed by atoms with E-state index in [9.17, 15) is 14.0 Å². The van der Waals surface area contributed by atoms with Gasteiger partial charge in [-0.3, -0.25) is 9.59 Å². The summed E-state index contributed by atoms with van der Waals surface area (Å²) in [6.45, 7) is 0. The molecule has 2 nitrogen and oxygen atoms in total. The van der Waals surface area contributed by atoms with E-state index in [0.717, 1.165) is 11.8 Å². The quantitative estimate of drug-likeness (QED) is 0.606. The number of aryl methyl sites for hydroxylation is 1. The molecule has 0 amide bonds. The predicted octanol–water partition coefficient (Wildman–Crippen LogP) is 3.45. The monoisotopic (exact) mass is 256 g/mol. The van der Waals surface area contributed by atoms with Gasteiger partial charge in [-0.25, -0.2) is 4.39 Å². The maximum Gasteiger partial charge on any atom is 0.163 e. The highest BCUT2D eigenvalue weighted by molar-refractivity contribution is 5.97. The molecule has 2 aromatic rings. The third kappa shape index (κ3) is 3.58. The van der Waals surface area contributed by atoms with Crippen LogP contribution in [-0.2, 0) is 6.42 Å². The zero-order valence-corrected chi connectivity index (χ0v) is 10.3. The standard InChI is InChI=1S/C16H13FO2/c17-15-7-4-12(5-8-15)6-9-16(19)14-3-1-2-13(10-14)11-18/h1-5,7-8,10-11H,6,9H2. The van der Waals surface area contributed by atoms with Crippen LogP contribution in [0.5, 0.6) is 0 Å². The number of ketones is 1. The van der Waals surface area contributed by atoms with Crippen molar-refractivity contribution in [2.75, 3.05) is 0 Å². The van der Waals surface area contributed by atoms with E-state index in [0.29, 0.717) is 24.0 Å². The third-order valence-corrected chi connectivity index (χ3v) is 2.90. The summed E-state index contributed by atoms with van der Waals surface area (Å²) in [6.07, 6.45) is 1.62. The number of rotatable bonds is 5. The molecule has 0 aliphatic carbocycles. The summed E-state index contributed by atoms with van der Waals surface area (Å²) >= 11 is 0. The normalized spacial score (nSPS) is 10.2. The second-order valence-electron chi connectivity index (χ2n) is 4.29. The van der Waals surface area contributed by atoms with Crippen molar-refractivity contribution in [3.8, 4) is 0 Å². The van der Waals surface area contributed by atoms with Crippen molar-refractivity contribution >= 4 is 12.1 Å². The number of carbonyl (C=O) groups excluding carboxylic acids is 2. The highest BCUT2D eigenvalue weighted by Crippen LogP contribution is 2.10. The van der Waals surface area contributed by atoms with Gasteiger partial charge in [0.25, 0.3) is 0 Å². The molecule has 0 saturated carbocycles. The lowest BCUT2D eigenvalue weighted by Crippen LogP contribution is -2.02. The fourth-order valence-electron chi connectivity index (χ4n) is 1.84. The lowest BCUT2D eigenvalue weighted by molar-refractivity contribution is 0.0983. The molecule has 0 unspecified atom stereocenters. The first-order valence-corrected chi connectivity index (χ1v) is 6.02. The van der Waals surface area contributed by atoms with Crippen molar-refractivity contribution in [3.63, 3.8) is 0 Å². The Bertz CT molecular complexity index is 588. The second-order valence-corrected chi connectivity index (χ2v) is 4.29. The number of Topliss-reactive ketones (excluding diaryl/α,β-unsaturated/α-hetero) is 1. The summed E-state index contributed by atoms with van der Waals surface area (Å²) in [5.41, 5.74) is 1.95. The first-order valence-electron chi connectivity index (χ1n) is 6.02. The van der Waals surface area contributed by atoms with Crippen LogP contribution >= 0.6 is 0 Å². The summed E-state index contributed by atoms with van der Waals surface area (Å²) in [5.74, 6) is -0.304. The van der Waals surface area contributed by atoms with E-state index in [2.05, 4.69) is 0 Å². The number of aldehydes is 1. The maximum atomic E-state index is 12.7. The molecule has 0 spiro atoms. The molecule has 0 radical (unpaired) electrons. The van der Waals surface area contributed by atoms with Gasteiger partial charge >= 0.3 is 0 Å². The van der Waals surface area contributed by atoms with Crippen LogP contribution < -0.4 is 0 Å². The Kier molecular flexibility index (Phi) is 4.18. The average molecular weight is 256 g/mol. The smallest absolute Gasteiger partial charge is 0.163 e. The van der Waals surface area contributed by atoms with Gasteiger partial charge in [-0.2, -0.15) is 0 Å². The Balaban J connectivity index is 2.00. The molecule has 0 atom stereocenters. The summed E-state index contributed by atoms with van der Waals surface area (Å²) < 4.78 is 12.7. The minimum atomic E-state index is -0.284. The van der Waals surface area contributed by atoms with Crippen LogP contribution in [0.1, 0.15) is 32.7 Å². The first-order chi connectivity index (χ1) is 9.19. The van der Waals surface area contributed by atoms with Crippen molar-refractivity contribution in [1.82, 2.24) is 0 Å². The van der Waals surface area contributed by atoms with E-state index in [1.807, 2.05) is 0 Å². The van der Waals surface area contributed by atoms with Gasteiger partial charge in [0.2, 0.25) is 0 Å². The van der Waals surface area contributed by atoms with Crippen molar-refractivity contribution in [2.24, 2.45) is 0 Å². The van der Waals surface area contributed by atoms with Crippen LogP contribution in [0.25, 0.3) is 0 Å². The molecule has 3 heteroatoms. The van der Waals surface area contributed by atoms with Gasteiger partial charge in [0.15, 0.2) is 5.78 Å². The Morgan fingerprint density at radius 3 is 2.53 bits per heavy atom. The second kappa shape index (κ2) is 6.05. The fourth-order valence-corrected chi connectivity index (χ4v) is 1.84. The fraction of sp³-hybridized carbons (Fsp3) is 0.125. The lowest BCUT2D eigenvalue weighted by atomic mass is 10.0. The number of hydrogen-bond acceptors (Lipinski definition) is 2. The van der Waals surface area contributed by atoms with Gasteiger partial charge in [0.1, 0.15) is 12.1 Å². The topological polar surface area (TPSA) is 34.1 Å². The Labute approximate surface area is 110 Å². The summed E-state index contributed by atoms with van der Waals surface area (Å²) in [4.78, 5) is 22.6. The van der Waals surface area contributed by atoms with Crippen LogP contribution in [0.3, 0.4) is 0 Å². The minimum Gasteiger partial charge on any atom is -0.298 e. The molecular weight excluding hydrogens is 243 g/mol. The van der Waals surface area contributed by atoms with Crippen molar-refractivity contribution in [2.45, 2.75) is 12.8 Å². The molecule has 0 aliphatic heterocycles. The van der Waals surface area contributed by atoms with Crippen LogP contribution in [-0.4, -0.2) is 12.1 Å². The van der Waals surface area contributed by atoms with Gasteiger partial charge < -0.3 is 0 Å². The van der Waals surface area contributed by atoms with Crippen LogP contribution in [0.15, 0.2) is 48.5 Å². The highest BCUT2D eigenvalue weighted by atomic mass is 19.1. The van der Waals surface area contributed by atoms with Gasteiger partial charge in [-0.15, -0.1) is 0 Å². The van der Waals surface area contributed by atoms with E-state index < -0.39 is 0 Å². The highest BCUT2D eigenvalue weighted by Gasteiger charge is 2.07. The summed E-state index contributed by atoms with van der Waals surface area (Å²) in [7, 11) is 0. The van der Waals surface area contributed by atoms with Crippen LogP contribution in [0.4, 0.5) is 4.39 Å². The van der Waals surface area contributed by atoms with Crippen molar-refractivity contribution < 1.29 is 14.0 Å². The molecule has 0 N–H and O–H groups in total. The molecule has 2 aromatic carbocycles. The molecule has 0 heterocycles. The minimum absolute atomic E-state index is 0.0203. The SMILES string of the molecule is O=Cc1cccc(C(=O)CCc2ccc(F)cc2)c1. The third-order valence-electron chi connectivity index (χ3n) is 2.90. The number of halogens is 1. The molecule has 96 valence electrons. The molecular formula is C16H13FO2. The number of hydrogen-bond donors (Lipinski definition) is 0. The molecule has 0 bridgehead atoms. The Hall–Kier alpha value is -2.29. The molecule has 0 fully saturated rings. The zero-order chi connectivity index (χ0) is 13.7. The Morgan fingerprint density at radius 1 is 1.11 bits per heavy atom. The lowest BCUT2D eigenvalue weighted by Gasteiger charge is -2.02. The predicted molar refractivity (Wildman–Crippen MR) is 70.9 cm³/mol. The van der Waals surface area contributed by atoms with E-state index in [1.54, 1.807) is 36.4 Å². The van der Waals surface area contributed by atoms with Crippen LogP contribution in [0, 0.1) is 5.82 Å². The van der Waals surface area contributed by atoms with E-state index in [4.69, 9.17) is 0 Å². The van der Waals surface area contributed by atoms with Crippen molar-refractivity contribution in [1.29, 1.82) is 0 Å². The van der Waals surface area contributed by atoms with E-state index >= 15 is 0 Å². The van der Waals surface area contributed by atoms with Crippen molar-refractivity contribution in [3.05, 3.63) is 71.0 Å². The first kappa shape index (κ1) is 13.1. The summed E-state index contributed by atoms with van der Waals surface area (Å²) in [6, 6.07) is 12.7. The largest absolute Gasteiger partial charge is 0.298 e. The molecule has 19 heavy (non-hydrogen) atoms. The number of benzene rings is 2. The van der Waals surface area contributed by atoms with Gasteiger partial charge in [0.05, 0.1) is 0 Å². The van der Waals surface area contributed by atoms with Gasteiger partial charge in [0, 0.05) is 17.5 Å². The average Bonchev–Trinajstić information content (AvgIpc) is 2.46. The maximum absolute atomic E-state index is 12.7. The van der Waals surface area contributed by atoms with Gasteiger partial charge in [-0.05, 0) is 30.2 Å². The summed E-state index contributed by atoms with van der Waals surface area (Å²) in [5, 5.41) is 0. The molecule has 2 rings (SSSR count). The number of carbonyl (C=O) groups is 2. The van der Waals surface area contributed by atoms with Crippen LogP contribution in [0.2, 0.25) is 0 Å². The van der Waals surface area contributed by atoms with Gasteiger partial charge in [-0.1, -0.05) is 30.3 Å². The molecule has 0 aliphatic rings. The molecule has 0 aromatic heterocycles. The molecule has 0 saturated heterocycles. The Morgan fingerprint density at radius 2 is 1.84 bits per heavy atom. The zero-order valence-electron chi connectivity index (χ0n) is 10.3. The van der Waals surface area contributed by atoms with E-state index in [-0.39, 0.29) is 11.6 Å². The van der Waals surface area contributed by atoms with E-state index in [1.165, 1.54) is 12.1 Å².